The topological polar surface area (TPSA) is 66.4 Å². The highest BCUT2D eigenvalue weighted by atomic mass is 79.9. The molecule has 1 fully saturated rings. The molecule has 1 aromatic heterocycles. The van der Waals surface area contributed by atoms with Gasteiger partial charge >= 0.3 is 0 Å². The van der Waals surface area contributed by atoms with Gasteiger partial charge in [-0.3, -0.25) is 0 Å². The van der Waals surface area contributed by atoms with Crippen molar-refractivity contribution in [3.8, 4) is 0 Å². The third-order valence-electron chi connectivity index (χ3n) is 2.48. The van der Waals surface area contributed by atoms with Crippen LogP contribution in [-0.4, -0.2) is 37.2 Å². The molecule has 16 heavy (non-hydrogen) atoms. The Labute approximate surface area is 107 Å². The van der Waals surface area contributed by atoms with Crippen LogP contribution < -0.4 is 5.32 Å². The fraction of sp³-hybridized carbons (Fsp3) is 0.556. The SMILES string of the molecule is O=S1(=O)CC(O)C(NCc2cc(Br)cs2)C1. The molecule has 2 atom stereocenters. The molecule has 1 aromatic rings. The first-order chi connectivity index (χ1) is 7.46. The molecule has 2 unspecified atom stereocenters. The molecule has 0 amide bonds. The van der Waals surface area contributed by atoms with Crippen LogP contribution in [-0.2, 0) is 16.4 Å². The van der Waals surface area contributed by atoms with Gasteiger partial charge in [0.2, 0.25) is 0 Å². The standard InChI is InChI=1S/C9H12BrNO3S2/c10-6-1-7(15-3-6)2-11-8-4-16(13,14)5-9(8)12/h1,3,8-9,11-12H,2,4-5H2. The quantitative estimate of drug-likeness (QED) is 0.861. The summed E-state index contributed by atoms with van der Waals surface area (Å²) in [6.45, 7) is 0.591. The van der Waals surface area contributed by atoms with Crippen LogP contribution in [0.25, 0.3) is 0 Å². The summed E-state index contributed by atoms with van der Waals surface area (Å²) >= 11 is 4.95. The van der Waals surface area contributed by atoms with Gasteiger partial charge in [-0.1, -0.05) is 0 Å². The number of aliphatic hydroxyl groups is 1. The van der Waals surface area contributed by atoms with Gasteiger partial charge in [0.1, 0.15) is 0 Å². The van der Waals surface area contributed by atoms with Gasteiger partial charge in [0.25, 0.3) is 0 Å². The molecule has 0 bridgehead atoms. The van der Waals surface area contributed by atoms with E-state index in [0.29, 0.717) is 6.54 Å². The summed E-state index contributed by atoms with van der Waals surface area (Å²) in [5.74, 6) is -0.0977. The summed E-state index contributed by atoms with van der Waals surface area (Å²) in [6, 6.07) is 1.64. The monoisotopic (exact) mass is 325 g/mol. The number of nitrogens with one attached hydrogen (secondary N) is 1. The molecule has 0 aromatic carbocycles. The van der Waals surface area contributed by atoms with E-state index in [1.54, 1.807) is 11.3 Å². The highest BCUT2D eigenvalue weighted by molar-refractivity contribution is 9.10. The first-order valence-corrected chi connectivity index (χ1v) is 8.30. The van der Waals surface area contributed by atoms with E-state index in [2.05, 4.69) is 21.2 Å². The number of thiophene rings is 1. The second kappa shape index (κ2) is 4.73. The molecular formula is C9H12BrNO3S2. The van der Waals surface area contributed by atoms with Gasteiger partial charge in [-0.2, -0.15) is 0 Å². The van der Waals surface area contributed by atoms with Gasteiger partial charge in [-0.15, -0.1) is 11.3 Å². The Balaban J connectivity index is 1.92. The third kappa shape index (κ3) is 3.04. The lowest BCUT2D eigenvalue weighted by Gasteiger charge is -2.13. The molecule has 1 saturated heterocycles. The Bertz CT molecular complexity index is 471. The fourth-order valence-corrected chi connectivity index (χ4v) is 4.88. The first kappa shape index (κ1) is 12.5. The summed E-state index contributed by atoms with van der Waals surface area (Å²) in [5, 5.41) is 14.6. The molecule has 1 aliphatic rings. The van der Waals surface area contributed by atoms with E-state index >= 15 is 0 Å². The van der Waals surface area contributed by atoms with Crippen molar-refractivity contribution in [2.75, 3.05) is 11.5 Å². The number of sulfone groups is 1. The maximum Gasteiger partial charge on any atom is 0.154 e. The van der Waals surface area contributed by atoms with Crippen LogP contribution in [0.1, 0.15) is 4.88 Å². The van der Waals surface area contributed by atoms with E-state index in [-0.39, 0.29) is 17.5 Å². The minimum absolute atomic E-state index is 0.0285. The predicted molar refractivity (Wildman–Crippen MR) is 67.3 cm³/mol. The Kier molecular flexibility index (Phi) is 3.70. The fourth-order valence-electron chi connectivity index (χ4n) is 1.70. The Morgan fingerprint density at radius 1 is 1.56 bits per heavy atom. The van der Waals surface area contributed by atoms with E-state index in [4.69, 9.17) is 0 Å². The Hall–Kier alpha value is 0.0500. The number of halogens is 1. The van der Waals surface area contributed by atoms with E-state index in [1.807, 2.05) is 11.4 Å². The van der Waals surface area contributed by atoms with Crippen LogP contribution in [0.2, 0.25) is 0 Å². The second-order valence-electron chi connectivity index (χ2n) is 3.86. The molecular weight excluding hydrogens is 314 g/mol. The Morgan fingerprint density at radius 3 is 2.81 bits per heavy atom. The van der Waals surface area contributed by atoms with E-state index in [9.17, 15) is 13.5 Å². The lowest BCUT2D eigenvalue weighted by atomic mass is 10.2. The van der Waals surface area contributed by atoms with Crippen molar-refractivity contribution in [3.63, 3.8) is 0 Å². The highest BCUT2D eigenvalue weighted by Gasteiger charge is 2.35. The van der Waals surface area contributed by atoms with Crippen LogP contribution in [0.4, 0.5) is 0 Å². The molecule has 2 N–H and O–H groups in total. The average Bonchev–Trinajstić information content (AvgIpc) is 2.67. The lowest BCUT2D eigenvalue weighted by molar-refractivity contribution is 0.165. The van der Waals surface area contributed by atoms with Crippen LogP contribution >= 0.6 is 27.3 Å². The van der Waals surface area contributed by atoms with Gasteiger partial charge in [-0.05, 0) is 22.0 Å². The summed E-state index contributed by atoms with van der Waals surface area (Å²) in [4.78, 5) is 1.11. The normalized spacial score (nSPS) is 28.4. The molecule has 4 nitrogen and oxygen atoms in total. The molecule has 0 spiro atoms. The number of hydrogen-bond acceptors (Lipinski definition) is 5. The molecule has 7 heteroatoms. The first-order valence-electron chi connectivity index (χ1n) is 4.81. The number of hydrogen-bond donors (Lipinski definition) is 2. The molecule has 1 aliphatic heterocycles. The highest BCUT2D eigenvalue weighted by Crippen LogP contribution is 2.20. The second-order valence-corrected chi connectivity index (χ2v) is 7.93. The smallest absolute Gasteiger partial charge is 0.154 e. The molecule has 90 valence electrons. The van der Waals surface area contributed by atoms with Gasteiger partial charge < -0.3 is 10.4 Å². The van der Waals surface area contributed by atoms with Crippen molar-refractivity contribution < 1.29 is 13.5 Å². The van der Waals surface area contributed by atoms with Crippen molar-refractivity contribution in [3.05, 3.63) is 20.8 Å². The maximum absolute atomic E-state index is 11.3. The van der Waals surface area contributed by atoms with Crippen molar-refractivity contribution in [2.45, 2.75) is 18.7 Å². The van der Waals surface area contributed by atoms with Crippen molar-refractivity contribution in [2.24, 2.45) is 0 Å². The van der Waals surface area contributed by atoms with Crippen molar-refractivity contribution in [1.29, 1.82) is 0 Å². The van der Waals surface area contributed by atoms with Gasteiger partial charge in [-0.25, -0.2) is 8.42 Å². The molecule has 0 radical (unpaired) electrons. The van der Waals surface area contributed by atoms with Crippen LogP contribution in [0.3, 0.4) is 0 Å². The van der Waals surface area contributed by atoms with Crippen LogP contribution in [0, 0.1) is 0 Å². The molecule has 2 rings (SSSR count). The summed E-state index contributed by atoms with van der Waals surface area (Å²) in [6.07, 6.45) is -0.784. The Morgan fingerprint density at radius 2 is 2.31 bits per heavy atom. The molecule has 2 heterocycles. The van der Waals surface area contributed by atoms with Gasteiger partial charge in [0.05, 0.1) is 17.6 Å². The average molecular weight is 326 g/mol. The van der Waals surface area contributed by atoms with Crippen molar-refractivity contribution >= 4 is 37.1 Å². The predicted octanol–water partition coefficient (Wildman–Crippen LogP) is 0.758. The lowest BCUT2D eigenvalue weighted by Crippen LogP contribution is -2.38. The summed E-state index contributed by atoms with van der Waals surface area (Å²) < 4.78 is 23.5. The zero-order chi connectivity index (χ0) is 11.8. The summed E-state index contributed by atoms with van der Waals surface area (Å²) in [7, 11) is -3.06. The minimum Gasteiger partial charge on any atom is -0.390 e. The van der Waals surface area contributed by atoms with Crippen molar-refractivity contribution in [1.82, 2.24) is 5.32 Å². The van der Waals surface area contributed by atoms with Crippen LogP contribution in [0.5, 0.6) is 0 Å². The number of aliphatic hydroxyl groups excluding tert-OH is 1. The zero-order valence-electron chi connectivity index (χ0n) is 8.39. The molecule has 0 saturated carbocycles. The summed E-state index contributed by atoms with van der Waals surface area (Å²) in [5.41, 5.74) is 0. The van der Waals surface area contributed by atoms with Gasteiger partial charge in [0.15, 0.2) is 9.84 Å². The van der Waals surface area contributed by atoms with E-state index < -0.39 is 15.9 Å². The minimum atomic E-state index is -3.06. The van der Waals surface area contributed by atoms with Gasteiger partial charge in [0, 0.05) is 27.3 Å². The van der Waals surface area contributed by atoms with Crippen LogP contribution in [0.15, 0.2) is 15.9 Å². The molecule has 0 aliphatic carbocycles. The van der Waals surface area contributed by atoms with E-state index in [0.717, 1.165) is 9.35 Å². The largest absolute Gasteiger partial charge is 0.390 e. The number of rotatable bonds is 3. The zero-order valence-corrected chi connectivity index (χ0v) is 11.6. The van der Waals surface area contributed by atoms with E-state index in [1.165, 1.54) is 0 Å². The maximum atomic E-state index is 11.3. The third-order valence-corrected chi connectivity index (χ3v) is 5.90.